The van der Waals surface area contributed by atoms with Crippen molar-refractivity contribution in [1.82, 2.24) is 14.7 Å². The lowest BCUT2D eigenvalue weighted by Crippen LogP contribution is -2.38. The molecule has 0 unspecified atom stereocenters. The van der Waals surface area contributed by atoms with Crippen LogP contribution in [0, 0.1) is 0 Å². The van der Waals surface area contributed by atoms with Crippen molar-refractivity contribution < 1.29 is 4.79 Å². The average Bonchev–Trinajstić information content (AvgIpc) is 2.43. The van der Waals surface area contributed by atoms with Gasteiger partial charge in [0.2, 0.25) is 5.91 Å². The molecule has 0 atom stereocenters. The molecule has 22 heavy (non-hydrogen) atoms. The summed E-state index contributed by atoms with van der Waals surface area (Å²) < 4.78 is 1.61. The fourth-order valence-electron chi connectivity index (χ4n) is 2.47. The van der Waals surface area contributed by atoms with Gasteiger partial charge in [-0.05, 0) is 12.2 Å². The number of hydrogen-bond donors (Lipinski definition) is 0. The Balaban J connectivity index is 1.88. The molecular formula is C16H25N3O2S. The van der Waals surface area contributed by atoms with E-state index < -0.39 is 0 Å². The molecule has 6 heteroatoms. The maximum absolute atomic E-state index is 12.3. The summed E-state index contributed by atoms with van der Waals surface area (Å²) in [6.07, 6.45) is 2.21. The van der Waals surface area contributed by atoms with Crippen LogP contribution in [0.2, 0.25) is 0 Å². The predicted octanol–water partition coefficient (Wildman–Crippen LogP) is 1.98. The van der Waals surface area contributed by atoms with Gasteiger partial charge in [-0.25, -0.2) is 4.68 Å². The molecule has 0 radical (unpaired) electrons. The first kappa shape index (κ1) is 17.1. The second-order valence-electron chi connectivity index (χ2n) is 6.71. The molecule has 1 aromatic rings. The average molecular weight is 323 g/mol. The number of amides is 1. The third-order valence-electron chi connectivity index (χ3n) is 3.66. The van der Waals surface area contributed by atoms with Gasteiger partial charge < -0.3 is 4.90 Å². The van der Waals surface area contributed by atoms with Gasteiger partial charge in [0.05, 0.1) is 5.69 Å². The summed E-state index contributed by atoms with van der Waals surface area (Å²) in [6, 6.07) is 1.61. The highest BCUT2D eigenvalue weighted by atomic mass is 32.2. The van der Waals surface area contributed by atoms with Gasteiger partial charge in [-0.1, -0.05) is 20.8 Å². The summed E-state index contributed by atoms with van der Waals surface area (Å²) in [5.74, 6) is 1.18. The van der Waals surface area contributed by atoms with Crippen molar-refractivity contribution >= 4 is 17.7 Å². The Kier molecular flexibility index (Phi) is 5.32. The standard InChI is InChI=1S/C16H25N3O2S/c1-16(2,3)22-9-5-6-14(20)19-8-7-13-12(11-19)10-15(21)18(4)17-13/h10H,5-9,11H2,1-4H3. The zero-order valence-electron chi connectivity index (χ0n) is 13.9. The largest absolute Gasteiger partial charge is 0.338 e. The van der Waals surface area contributed by atoms with Crippen LogP contribution >= 0.6 is 11.8 Å². The fourth-order valence-corrected chi connectivity index (χ4v) is 3.37. The van der Waals surface area contributed by atoms with Crippen molar-refractivity contribution in [2.24, 2.45) is 7.05 Å². The molecule has 2 rings (SSSR count). The minimum Gasteiger partial charge on any atom is -0.338 e. The summed E-state index contributed by atoms with van der Waals surface area (Å²) in [5.41, 5.74) is 1.72. The van der Waals surface area contributed by atoms with Crippen LogP contribution in [0.25, 0.3) is 0 Å². The van der Waals surface area contributed by atoms with Gasteiger partial charge in [0.1, 0.15) is 0 Å². The summed E-state index contributed by atoms with van der Waals surface area (Å²) in [6.45, 7) is 7.78. The maximum atomic E-state index is 12.3. The molecule has 5 nitrogen and oxygen atoms in total. The molecular weight excluding hydrogens is 298 g/mol. The number of nitrogens with zero attached hydrogens (tertiary/aromatic N) is 3. The van der Waals surface area contributed by atoms with Crippen molar-refractivity contribution in [1.29, 1.82) is 0 Å². The van der Waals surface area contributed by atoms with Crippen LogP contribution in [0.4, 0.5) is 0 Å². The normalized spacial score (nSPS) is 14.8. The van der Waals surface area contributed by atoms with Gasteiger partial charge >= 0.3 is 0 Å². The van der Waals surface area contributed by atoms with Crippen LogP contribution in [-0.2, 0) is 24.8 Å². The number of carbonyl (C=O) groups excluding carboxylic acids is 1. The lowest BCUT2D eigenvalue weighted by Gasteiger charge is -2.28. The summed E-state index contributed by atoms with van der Waals surface area (Å²) in [4.78, 5) is 25.8. The van der Waals surface area contributed by atoms with E-state index in [1.807, 2.05) is 16.7 Å². The number of carbonyl (C=O) groups is 1. The fraction of sp³-hybridized carbons (Fsp3) is 0.688. The van der Waals surface area contributed by atoms with E-state index in [4.69, 9.17) is 0 Å². The van der Waals surface area contributed by atoms with E-state index in [9.17, 15) is 9.59 Å². The monoisotopic (exact) mass is 323 g/mol. The van der Waals surface area contributed by atoms with E-state index in [1.165, 1.54) is 4.68 Å². The maximum Gasteiger partial charge on any atom is 0.266 e. The lowest BCUT2D eigenvalue weighted by atomic mass is 10.1. The van der Waals surface area contributed by atoms with Crippen molar-refractivity contribution in [3.63, 3.8) is 0 Å². The minimum atomic E-state index is -0.116. The molecule has 0 spiro atoms. The SMILES string of the molecule is Cn1nc2c(cc1=O)CN(C(=O)CCCSC(C)(C)C)CC2. The number of fused-ring (bicyclic) bond motifs is 1. The molecule has 0 aromatic carbocycles. The summed E-state index contributed by atoms with van der Waals surface area (Å²) >= 11 is 1.89. The molecule has 0 N–H and O–H groups in total. The second kappa shape index (κ2) is 6.86. The number of hydrogen-bond acceptors (Lipinski definition) is 4. The van der Waals surface area contributed by atoms with E-state index in [1.54, 1.807) is 13.1 Å². The van der Waals surface area contributed by atoms with Gasteiger partial charge in [0.15, 0.2) is 0 Å². The highest BCUT2D eigenvalue weighted by Gasteiger charge is 2.22. The van der Waals surface area contributed by atoms with Crippen molar-refractivity contribution in [3.05, 3.63) is 27.7 Å². The van der Waals surface area contributed by atoms with Crippen LogP contribution in [0.1, 0.15) is 44.9 Å². The molecule has 1 aromatic heterocycles. The molecule has 1 amide bonds. The molecule has 0 saturated carbocycles. The van der Waals surface area contributed by atoms with Crippen molar-refractivity contribution in [2.75, 3.05) is 12.3 Å². The highest BCUT2D eigenvalue weighted by Crippen LogP contribution is 2.24. The Morgan fingerprint density at radius 2 is 2.14 bits per heavy atom. The third kappa shape index (κ3) is 4.60. The zero-order chi connectivity index (χ0) is 16.3. The summed E-state index contributed by atoms with van der Waals surface area (Å²) in [7, 11) is 1.66. The third-order valence-corrected chi connectivity index (χ3v) is 5.02. The molecule has 122 valence electrons. The highest BCUT2D eigenvalue weighted by molar-refractivity contribution is 8.00. The Bertz CT molecular complexity index is 604. The van der Waals surface area contributed by atoms with E-state index >= 15 is 0 Å². The Morgan fingerprint density at radius 1 is 1.41 bits per heavy atom. The first-order chi connectivity index (χ1) is 10.3. The van der Waals surface area contributed by atoms with E-state index in [-0.39, 0.29) is 16.2 Å². The molecule has 1 aliphatic rings. The van der Waals surface area contributed by atoms with Crippen LogP contribution in [0.15, 0.2) is 10.9 Å². The van der Waals surface area contributed by atoms with Crippen molar-refractivity contribution in [2.45, 2.75) is 51.3 Å². The summed E-state index contributed by atoms with van der Waals surface area (Å²) in [5, 5.41) is 4.27. The molecule has 0 bridgehead atoms. The van der Waals surface area contributed by atoms with Crippen molar-refractivity contribution in [3.8, 4) is 0 Å². The van der Waals surface area contributed by atoms with Gasteiger partial charge in [-0.15, -0.1) is 0 Å². The van der Waals surface area contributed by atoms with Gasteiger partial charge in [-0.3, -0.25) is 9.59 Å². The van der Waals surface area contributed by atoms with Crippen LogP contribution < -0.4 is 5.56 Å². The van der Waals surface area contributed by atoms with Gasteiger partial charge in [0.25, 0.3) is 5.56 Å². The molecule has 1 aliphatic heterocycles. The van der Waals surface area contributed by atoms with E-state index in [0.717, 1.165) is 29.9 Å². The molecule has 0 aliphatic carbocycles. The van der Waals surface area contributed by atoms with Gasteiger partial charge in [-0.2, -0.15) is 16.9 Å². The number of aromatic nitrogens is 2. The number of rotatable bonds is 4. The minimum absolute atomic E-state index is 0.116. The first-order valence-corrected chi connectivity index (χ1v) is 8.73. The Labute approximate surface area is 136 Å². The topological polar surface area (TPSA) is 55.2 Å². The van der Waals surface area contributed by atoms with Crippen LogP contribution in [0.3, 0.4) is 0 Å². The zero-order valence-corrected chi connectivity index (χ0v) is 14.7. The first-order valence-electron chi connectivity index (χ1n) is 7.74. The number of thioether (sulfide) groups is 1. The Morgan fingerprint density at radius 3 is 2.82 bits per heavy atom. The van der Waals surface area contributed by atoms with E-state index in [0.29, 0.717) is 19.5 Å². The predicted molar refractivity (Wildman–Crippen MR) is 90.0 cm³/mol. The molecule has 0 saturated heterocycles. The lowest BCUT2D eigenvalue weighted by molar-refractivity contribution is -0.132. The quantitative estimate of drug-likeness (QED) is 0.795. The Hall–Kier alpha value is -1.30. The van der Waals surface area contributed by atoms with Crippen LogP contribution in [0.5, 0.6) is 0 Å². The molecule has 0 fully saturated rings. The van der Waals surface area contributed by atoms with E-state index in [2.05, 4.69) is 25.9 Å². The number of aryl methyl sites for hydroxylation is 1. The smallest absolute Gasteiger partial charge is 0.266 e. The second-order valence-corrected chi connectivity index (χ2v) is 8.63. The van der Waals surface area contributed by atoms with Crippen LogP contribution in [-0.4, -0.2) is 37.6 Å². The van der Waals surface area contributed by atoms with Gasteiger partial charge in [0, 0.05) is 49.4 Å². The molecule has 2 heterocycles.